The summed E-state index contributed by atoms with van der Waals surface area (Å²) < 4.78 is 11.5. The van der Waals surface area contributed by atoms with Gasteiger partial charge in [-0.1, -0.05) is 32.0 Å². The third-order valence-corrected chi connectivity index (χ3v) is 6.27. The number of carbonyl (C=O) groups excluding carboxylic acids is 1. The van der Waals surface area contributed by atoms with E-state index in [-0.39, 0.29) is 17.6 Å². The molecule has 0 saturated heterocycles. The molecule has 1 heterocycles. The second kappa shape index (κ2) is 10.7. The molecular weight excluding hydrogens is 458 g/mol. The zero-order chi connectivity index (χ0) is 24.9. The molecule has 180 valence electrons. The minimum atomic E-state index is -0.340. The highest BCUT2D eigenvalue weighted by Gasteiger charge is 2.12. The first kappa shape index (κ1) is 24.4. The van der Waals surface area contributed by atoms with Gasteiger partial charge in [0, 0.05) is 11.3 Å². The molecule has 0 radical (unpaired) electrons. The maximum atomic E-state index is 12.3. The Morgan fingerprint density at radius 2 is 1.91 bits per heavy atom. The summed E-state index contributed by atoms with van der Waals surface area (Å²) in [7, 11) is 0. The third kappa shape index (κ3) is 6.05. The maximum Gasteiger partial charge on any atom is 0.264 e. The largest absolute Gasteiger partial charge is 0.484 e. The molecule has 0 unspecified atom stereocenters. The standard InChI is InChI=1S/C28H29N3O3S/c1-5-17(2)20-10-12-25-24(15-20)30-27(34-25)21-7-6-8-22(14-21)29-28(35)31-26(32)16-33-23-11-9-18(3)19(4)13-23/h6-15,17H,5,16H2,1-4H3,(H2,29,31,32,35)/t17-/m1/s1. The predicted octanol–water partition coefficient (Wildman–Crippen LogP) is 6.52. The van der Waals surface area contributed by atoms with Gasteiger partial charge in [0.1, 0.15) is 11.3 Å². The van der Waals surface area contributed by atoms with Gasteiger partial charge in [0.15, 0.2) is 17.3 Å². The lowest BCUT2D eigenvalue weighted by atomic mass is 9.98. The van der Waals surface area contributed by atoms with Gasteiger partial charge in [-0.2, -0.15) is 0 Å². The Labute approximate surface area is 210 Å². The number of benzene rings is 3. The Morgan fingerprint density at radius 3 is 2.69 bits per heavy atom. The molecule has 0 aliphatic carbocycles. The summed E-state index contributed by atoms with van der Waals surface area (Å²) >= 11 is 5.31. The van der Waals surface area contributed by atoms with Crippen molar-refractivity contribution in [1.29, 1.82) is 0 Å². The van der Waals surface area contributed by atoms with E-state index in [1.165, 1.54) is 11.1 Å². The lowest BCUT2D eigenvalue weighted by molar-refractivity contribution is -0.121. The van der Waals surface area contributed by atoms with Crippen molar-refractivity contribution in [2.45, 2.75) is 40.0 Å². The van der Waals surface area contributed by atoms with Gasteiger partial charge in [-0.15, -0.1) is 0 Å². The number of fused-ring (bicyclic) bond motifs is 1. The number of ether oxygens (including phenoxy) is 1. The van der Waals surface area contributed by atoms with Crippen LogP contribution in [0.4, 0.5) is 5.69 Å². The predicted molar refractivity (Wildman–Crippen MR) is 144 cm³/mol. The van der Waals surface area contributed by atoms with Gasteiger partial charge in [0.05, 0.1) is 0 Å². The minimum Gasteiger partial charge on any atom is -0.484 e. The maximum absolute atomic E-state index is 12.3. The number of carbonyl (C=O) groups is 1. The zero-order valence-electron chi connectivity index (χ0n) is 20.3. The number of oxazole rings is 1. The molecule has 0 bridgehead atoms. The smallest absolute Gasteiger partial charge is 0.264 e. The number of rotatable bonds is 7. The molecule has 1 atom stereocenters. The quantitative estimate of drug-likeness (QED) is 0.289. The molecule has 4 aromatic rings. The summed E-state index contributed by atoms with van der Waals surface area (Å²) in [6, 6.07) is 19.4. The van der Waals surface area contributed by atoms with E-state index in [0.29, 0.717) is 23.2 Å². The first-order valence-electron chi connectivity index (χ1n) is 11.6. The van der Waals surface area contributed by atoms with Gasteiger partial charge < -0.3 is 14.5 Å². The first-order valence-corrected chi connectivity index (χ1v) is 12.0. The molecular formula is C28H29N3O3S. The van der Waals surface area contributed by atoms with E-state index in [2.05, 4.69) is 41.6 Å². The average molecular weight is 488 g/mol. The van der Waals surface area contributed by atoms with E-state index in [1.807, 2.05) is 62.4 Å². The van der Waals surface area contributed by atoms with Crippen molar-refractivity contribution in [2.24, 2.45) is 0 Å². The number of thiocarbonyl (C=S) groups is 1. The monoisotopic (exact) mass is 487 g/mol. The topological polar surface area (TPSA) is 76.4 Å². The molecule has 4 rings (SSSR count). The zero-order valence-corrected chi connectivity index (χ0v) is 21.2. The van der Waals surface area contributed by atoms with Gasteiger partial charge in [0.2, 0.25) is 5.89 Å². The molecule has 2 N–H and O–H groups in total. The molecule has 0 fully saturated rings. The highest BCUT2D eigenvalue weighted by atomic mass is 32.1. The number of aromatic nitrogens is 1. The molecule has 0 aliphatic heterocycles. The SMILES string of the molecule is CC[C@@H](C)c1ccc2oc(-c3cccc(NC(=S)NC(=O)COc4ccc(C)c(C)c4)c3)nc2c1. The van der Waals surface area contributed by atoms with Crippen LogP contribution in [0, 0.1) is 13.8 Å². The van der Waals surface area contributed by atoms with Crippen molar-refractivity contribution >= 4 is 40.0 Å². The van der Waals surface area contributed by atoms with Gasteiger partial charge in [-0.25, -0.2) is 4.98 Å². The molecule has 7 heteroatoms. The number of hydrogen-bond donors (Lipinski definition) is 2. The number of nitrogens with one attached hydrogen (secondary N) is 2. The summed E-state index contributed by atoms with van der Waals surface area (Å²) in [6.45, 7) is 8.27. The van der Waals surface area contributed by atoms with E-state index >= 15 is 0 Å². The Kier molecular flexibility index (Phi) is 7.46. The molecule has 35 heavy (non-hydrogen) atoms. The summed E-state index contributed by atoms with van der Waals surface area (Å²) in [5.41, 5.74) is 6.63. The minimum absolute atomic E-state index is 0.133. The first-order chi connectivity index (χ1) is 16.8. The van der Waals surface area contributed by atoms with Crippen LogP contribution in [0.25, 0.3) is 22.6 Å². The molecule has 0 saturated carbocycles. The van der Waals surface area contributed by atoms with Crippen molar-refractivity contribution in [1.82, 2.24) is 10.3 Å². The third-order valence-electron chi connectivity index (χ3n) is 6.06. The van der Waals surface area contributed by atoms with Crippen LogP contribution in [0.3, 0.4) is 0 Å². The number of anilines is 1. The summed E-state index contributed by atoms with van der Waals surface area (Å²) in [5.74, 6) is 1.30. The van der Waals surface area contributed by atoms with Gasteiger partial charge in [-0.3, -0.25) is 10.1 Å². The Bertz CT molecular complexity index is 1380. The average Bonchev–Trinajstić information content (AvgIpc) is 3.28. The summed E-state index contributed by atoms with van der Waals surface area (Å²) in [6.07, 6.45) is 1.07. The van der Waals surface area contributed by atoms with Crippen LogP contribution >= 0.6 is 12.2 Å². The van der Waals surface area contributed by atoms with Crippen LogP contribution in [-0.4, -0.2) is 22.6 Å². The van der Waals surface area contributed by atoms with Gasteiger partial charge in [0.25, 0.3) is 5.91 Å². The molecule has 0 spiro atoms. The van der Waals surface area contributed by atoms with Gasteiger partial charge >= 0.3 is 0 Å². The lowest BCUT2D eigenvalue weighted by Gasteiger charge is -2.11. The Morgan fingerprint density at radius 1 is 1.09 bits per heavy atom. The fourth-order valence-corrected chi connectivity index (χ4v) is 3.85. The van der Waals surface area contributed by atoms with Crippen molar-refractivity contribution in [3.63, 3.8) is 0 Å². The number of nitrogens with zero attached hydrogens (tertiary/aromatic N) is 1. The Hall–Kier alpha value is -3.71. The van der Waals surface area contributed by atoms with Crippen LogP contribution in [0.5, 0.6) is 5.75 Å². The highest BCUT2D eigenvalue weighted by molar-refractivity contribution is 7.80. The van der Waals surface area contributed by atoms with Crippen LogP contribution < -0.4 is 15.4 Å². The van der Waals surface area contributed by atoms with Gasteiger partial charge in [-0.05, 0) is 97.6 Å². The fraction of sp³-hybridized carbons (Fsp3) is 0.250. The number of hydrogen-bond acceptors (Lipinski definition) is 5. The Balaban J connectivity index is 1.38. The lowest BCUT2D eigenvalue weighted by Crippen LogP contribution is -2.37. The van der Waals surface area contributed by atoms with Crippen molar-refractivity contribution in [3.05, 3.63) is 77.4 Å². The summed E-state index contributed by atoms with van der Waals surface area (Å²) in [5, 5.41) is 5.87. The van der Waals surface area contributed by atoms with E-state index in [9.17, 15) is 4.79 Å². The van der Waals surface area contributed by atoms with Crippen molar-refractivity contribution in [3.8, 4) is 17.2 Å². The van der Waals surface area contributed by atoms with Crippen LogP contribution in [0.15, 0.2) is 65.1 Å². The van der Waals surface area contributed by atoms with E-state index < -0.39 is 0 Å². The molecule has 3 aromatic carbocycles. The van der Waals surface area contributed by atoms with Crippen molar-refractivity contribution in [2.75, 3.05) is 11.9 Å². The second-order valence-corrected chi connectivity index (χ2v) is 9.08. The fourth-order valence-electron chi connectivity index (χ4n) is 3.62. The van der Waals surface area contributed by atoms with Crippen LogP contribution in [-0.2, 0) is 4.79 Å². The van der Waals surface area contributed by atoms with E-state index in [4.69, 9.17) is 21.4 Å². The van der Waals surface area contributed by atoms with Crippen molar-refractivity contribution < 1.29 is 13.9 Å². The van der Waals surface area contributed by atoms with E-state index in [1.54, 1.807) is 0 Å². The highest BCUT2D eigenvalue weighted by Crippen LogP contribution is 2.29. The molecule has 1 amide bonds. The molecule has 1 aromatic heterocycles. The van der Waals surface area contributed by atoms with E-state index in [0.717, 1.165) is 28.6 Å². The molecule has 6 nitrogen and oxygen atoms in total. The number of amides is 1. The second-order valence-electron chi connectivity index (χ2n) is 8.67. The normalized spacial score (nSPS) is 11.8. The van der Waals surface area contributed by atoms with Crippen LogP contribution in [0.2, 0.25) is 0 Å². The molecule has 0 aliphatic rings. The summed E-state index contributed by atoms with van der Waals surface area (Å²) in [4.78, 5) is 16.9. The number of aryl methyl sites for hydroxylation is 2. The van der Waals surface area contributed by atoms with Crippen LogP contribution in [0.1, 0.15) is 42.9 Å².